The van der Waals surface area contributed by atoms with E-state index in [-0.39, 0.29) is 32.4 Å². The van der Waals surface area contributed by atoms with Crippen molar-refractivity contribution in [3.8, 4) is 0 Å². The summed E-state index contributed by atoms with van der Waals surface area (Å²) in [7, 11) is -4.00. The van der Waals surface area contributed by atoms with Crippen LogP contribution >= 0.6 is 23.2 Å². The molecular weight excluding hydrogens is 451 g/mol. The number of anilines is 2. The van der Waals surface area contributed by atoms with Crippen molar-refractivity contribution in [2.45, 2.75) is 4.90 Å². The minimum absolute atomic E-state index is 0.00115. The molecule has 0 unspecified atom stereocenters. The van der Waals surface area contributed by atoms with Crippen molar-refractivity contribution in [3.63, 3.8) is 0 Å². The summed E-state index contributed by atoms with van der Waals surface area (Å²) in [4.78, 5) is 23.8. The number of nitrogens with one attached hydrogen (secondary N) is 2. The van der Waals surface area contributed by atoms with E-state index in [1.54, 1.807) is 0 Å². The Hall–Kier alpha value is -3.07. The molecule has 0 aromatic heterocycles. The molecule has 7 nitrogen and oxygen atoms in total. The largest absolute Gasteiger partial charge is 0.478 e. The van der Waals surface area contributed by atoms with Crippen LogP contribution < -0.4 is 10.0 Å². The van der Waals surface area contributed by atoms with Crippen LogP contribution in [0.5, 0.6) is 0 Å². The zero-order valence-corrected chi connectivity index (χ0v) is 17.4. The molecule has 0 saturated heterocycles. The van der Waals surface area contributed by atoms with E-state index >= 15 is 0 Å². The Kier molecular flexibility index (Phi) is 6.31. The second-order valence-corrected chi connectivity index (χ2v) is 8.64. The van der Waals surface area contributed by atoms with Crippen LogP contribution in [-0.2, 0) is 10.0 Å². The van der Waals surface area contributed by atoms with Crippen LogP contribution in [0, 0.1) is 0 Å². The summed E-state index contributed by atoms with van der Waals surface area (Å²) in [5, 5.41) is 12.2. The maximum Gasteiger partial charge on any atom is 0.335 e. The van der Waals surface area contributed by atoms with Crippen molar-refractivity contribution in [2.24, 2.45) is 0 Å². The summed E-state index contributed by atoms with van der Waals surface area (Å²) in [6.07, 6.45) is 0. The number of carboxylic acid groups (broad SMARTS) is 1. The highest BCUT2D eigenvalue weighted by atomic mass is 35.5. The van der Waals surface area contributed by atoms with Gasteiger partial charge >= 0.3 is 5.97 Å². The van der Waals surface area contributed by atoms with E-state index in [2.05, 4.69) is 10.0 Å². The second kappa shape index (κ2) is 8.74. The molecule has 0 aliphatic heterocycles. The molecule has 154 valence electrons. The molecule has 0 spiro atoms. The number of rotatable bonds is 6. The molecule has 3 aromatic rings. The van der Waals surface area contributed by atoms with E-state index in [0.29, 0.717) is 5.02 Å². The van der Waals surface area contributed by atoms with Gasteiger partial charge < -0.3 is 10.4 Å². The van der Waals surface area contributed by atoms with E-state index in [9.17, 15) is 18.0 Å². The number of hydrogen-bond donors (Lipinski definition) is 3. The Morgan fingerprint density at radius 3 is 2.20 bits per heavy atom. The molecule has 0 saturated carbocycles. The Morgan fingerprint density at radius 2 is 1.53 bits per heavy atom. The SMILES string of the molecule is O=C(O)c1cccc(NC(=O)c2cc(Cl)ccc2NS(=O)(=O)c2ccc(Cl)cc2)c1. The van der Waals surface area contributed by atoms with Gasteiger partial charge in [-0.1, -0.05) is 29.3 Å². The van der Waals surface area contributed by atoms with Gasteiger partial charge in [0.25, 0.3) is 15.9 Å². The number of amides is 1. The highest BCUT2D eigenvalue weighted by Gasteiger charge is 2.20. The highest BCUT2D eigenvalue weighted by Crippen LogP contribution is 2.25. The van der Waals surface area contributed by atoms with Gasteiger partial charge in [-0.15, -0.1) is 0 Å². The van der Waals surface area contributed by atoms with Crippen molar-refractivity contribution in [1.82, 2.24) is 0 Å². The lowest BCUT2D eigenvalue weighted by molar-refractivity contribution is 0.0696. The normalized spacial score (nSPS) is 11.0. The van der Waals surface area contributed by atoms with Crippen LogP contribution in [0.4, 0.5) is 11.4 Å². The lowest BCUT2D eigenvalue weighted by Crippen LogP contribution is -2.19. The summed E-state index contributed by atoms with van der Waals surface area (Å²) < 4.78 is 27.7. The van der Waals surface area contributed by atoms with E-state index < -0.39 is 21.9 Å². The number of carbonyl (C=O) groups is 2. The molecule has 0 radical (unpaired) electrons. The van der Waals surface area contributed by atoms with Gasteiger partial charge in [0.2, 0.25) is 0 Å². The minimum Gasteiger partial charge on any atom is -0.478 e. The topological polar surface area (TPSA) is 113 Å². The third-order valence-electron chi connectivity index (χ3n) is 3.96. The number of sulfonamides is 1. The first kappa shape index (κ1) is 21.6. The molecule has 0 aliphatic rings. The predicted molar refractivity (Wildman–Crippen MR) is 115 cm³/mol. The molecule has 30 heavy (non-hydrogen) atoms. The molecule has 0 aliphatic carbocycles. The van der Waals surface area contributed by atoms with E-state index in [1.807, 2.05) is 0 Å². The monoisotopic (exact) mass is 464 g/mol. The van der Waals surface area contributed by atoms with E-state index in [1.165, 1.54) is 66.7 Å². The fourth-order valence-electron chi connectivity index (χ4n) is 2.54. The third kappa shape index (κ3) is 5.10. The van der Waals surface area contributed by atoms with Gasteiger partial charge in [-0.25, -0.2) is 13.2 Å². The highest BCUT2D eigenvalue weighted by molar-refractivity contribution is 7.92. The number of hydrogen-bond acceptors (Lipinski definition) is 4. The van der Waals surface area contributed by atoms with Gasteiger partial charge in [-0.2, -0.15) is 0 Å². The molecule has 0 heterocycles. The van der Waals surface area contributed by atoms with Crippen LogP contribution in [0.25, 0.3) is 0 Å². The van der Waals surface area contributed by atoms with Gasteiger partial charge in [0.05, 0.1) is 21.7 Å². The summed E-state index contributed by atoms with van der Waals surface area (Å²) in [6.45, 7) is 0. The summed E-state index contributed by atoms with van der Waals surface area (Å²) in [5.41, 5.74) is 0.177. The number of aromatic carboxylic acids is 1. The summed E-state index contributed by atoms with van der Waals surface area (Å²) >= 11 is 11.8. The Morgan fingerprint density at radius 1 is 0.867 bits per heavy atom. The van der Waals surface area contributed by atoms with Gasteiger partial charge in [0.15, 0.2) is 0 Å². The van der Waals surface area contributed by atoms with Gasteiger partial charge in [0, 0.05) is 15.7 Å². The molecule has 3 rings (SSSR count). The Balaban J connectivity index is 1.91. The molecule has 0 fully saturated rings. The molecule has 3 aromatic carbocycles. The first-order valence-electron chi connectivity index (χ1n) is 8.38. The standard InChI is InChI=1S/C20H14Cl2N2O5S/c21-13-4-7-16(8-5-13)30(28,29)24-18-9-6-14(22)11-17(18)19(25)23-15-3-1-2-12(10-15)20(26)27/h1-11,24H,(H,23,25)(H,26,27). The first-order valence-corrected chi connectivity index (χ1v) is 10.6. The van der Waals surface area contributed by atoms with Crippen LogP contribution in [0.1, 0.15) is 20.7 Å². The lowest BCUT2D eigenvalue weighted by Gasteiger charge is -2.14. The van der Waals surface area contributed by atoms with E-state index in [0.717, 1.165) is 0 Å². The van der Waals surface area contributed by atoms with Crippen LogP contribution in [0.15, 0.2) is 71.6 Å². The fourth-order valence-corrected chi connectivity index (χ4v) is 3.92. The van der Waals surface area contributed by atoms with Crippen LogP contribution in [0.3, 0.4) is 0 Å². The smallest absolute Gasteiger partial charge is 0.335 e. The maximum atomic E-state index is 12.8. The number of benzene rings is 3. The minimum atomic E-state index is -4.00. The average Bonchev–Trinajstić information content (AvgIpc) is 2.69. The molecule has 1 amide bonds. The molecule has 10 heteroatoms. The average molecular weight is 465 g/mol. The fraction of sp³-hybridized carbons (Fsp3) is 0. The third-order valence-corrected chi connectivity index (χ3v) is 5.83. The molecule has 0 atom stereocenters. The lowest BCUT2D eigenvalue weighted by atomic mass is 10.1. The van der Waals surface area contributed by atoms with Gasteiger partial charge in [0.1, 0.15) is 0 Å². The van der Waals surface area contributed by atoms with Crippen molar-refractivity contribution >= 4 is 56.5 Å². The molecular formula is C20H14Cl2N2O5S. The Bertz CT molecular complexity index is 1230. The van der Waals surface area contributed by atoms with Crippen LogP contribution in [-0.4, -0.2) is 25.4 Å². The first-order chi connectivity index (χ1) is 14.2. The van der Waals surface area contributed by atoms with E-state index in [4.69, 9.17) is 28.3 Å². The predicted octanol–water partition coefficient (Wildman–Crippen LogP) is 4.74. The van der Waals surface area contributed by atoms with Crippen molar-refractivity contribution < 1.29 is 23.1 Å². The van der Waals surface area contributed by atoms with Crippen molar-refractivity contribution in [2.75, 3.05) is 10.0 Å². The Labute approximate surface area is 182 Å². The summed E-state index contributed by atoms with van der Waals surface area (Å²) in [6, 6.07) is 15.3. The number of carboxylic acids is 1. The quantitative estimate of drug-likeness (QED) is 0.487. The van der Waals surface area contributed by atoms with Gasteiger partial charge in [-0.3, -0.25) is 9.52 Å². The van der Waals surface area contributed by atoms with Crippen molar-refractivity contribution in [1.29, 1.82) is 0 Å². The number of carbonyl (C=O) groups excluding carboxylic acids is 1. The summed E-state index contributed by atoms with van der Waals surface area (Å²) in [5.74, 6) is -1.82. The van der Waals surface area contributed by atoms with Gasteiger partial charge in [-0.05, 0) is 60.7 Å². The molecule has 0 bridgehead atoms. The van der Waals surface area contributed by atoms with Crippen LogP contribution in [0.2, 0.25) is 10.0 Å². The zero-order valence-electron chi connectivity index (χ0n) is 15.1. The maximum absolute atomic E-state index is 12.8. The second-order valence-electron chi connectivity index (χ2n) is 6.09. The number of halogens is 2. The zero-order chi connectivity index (χ0) is 21.9. The van der Waals surface area contributed by atoms with Crippen molar-refractivity contribution in [3.05, 3.63) is 87.9 Å². The molecule has 3 N–H and O–H groups in total.